The number of aromatic nitrogens is 2. The third-order valence-electron chi connectivity index (χ3n) is 9.05. The fourth-order valence-electron chi connectivity index (χ4n) is 6.43. The Morgan fingerprint density at radius 1 is 0.957 bits per heavy atom. The zero-order valence-corrected chi connectivity index (χ0v) is 26.7. The standard InChI is InChI=1S/C35H45N7O4/c1-3-31(43)39-28(35(46)42-21-20-36-29(23-42)25-10-6-4-7-11-25)22-24-14-16-27(17-15-24)38-34(45)32(26-12-8-5-9-13-26)40-33(44)30-18-19-37-41(30)2/h4,6-7,10-11,14-19,26,28-29,32,36H,3,5,8-9,12-13,20-23H2,1-2H3,(H,38,45)(H,39,43)(H,40,44)/t28-,29-,32+/m1/s1. The molecule has 2 heterocycles. The summed E-state index contributed by atoms with van der Waals surface area (Å²) in [5.74, 6) is -0.832. The second-order valence-electron chi connectivity index (χ2n) is 12.3. The number of nitrogens with one attached hydrogen (secondary N) is 4. The second-order valence-corrected chi connectivity index (χ2v) is 12.3. The first-order chi connectivity index (χ1) is 22.3. The molecule has 244 valence electrons. The highest BCUT2D eigenvalue weighted by atomic mass is 16.2. The molecule has 2 aliphatic rings. The van der Waals surface area contributed by atoms with Gasteiger partial charge in [-0.2, -0.15) is 5.10 Å². The molecule has 1 aliphatic heterocycles. The SMILES string of the molecule is CCC(=O)N[C@H](Cc1ccc(NC(=O)[C@@H](NC(=O)c2ccnn2C)C2CCCCC2)cc1)C(=O)N1CCN[C@@H](c2ccccc2)C1. The molecule has 11 nitrogen and oxygen atoms in total. The average molecular weight is 628 g/mol. The zero-order chi connectivity index (χ0) is 32.5. The highest BCUT2D eigenvalue weighted by molar-refractivity contribution is 6.00. The van der Waals surface area contributed by atoms with E-state index in [9.17, 15) is 19.2 Å². The van der Waals surface area contributed by atoms with Crippen LogP contribution in [0.15, 0.2) is 66.9 Å². The molecule has 2 aromatic carbocycles. The van der Waals surface area contributed by atoms with E-state index in [2.05, 4.69) is 26.4 Å². The summed E-state index contributed by atoms with van der Waals surface area (Å²) < 4.78 is 1.49. The first kappa shape index (κ1) is 32.9. The van der Waals surface area contributed by atoms with Gasteiger partial charge in [0.1, 0.15) is 17.8 Å². The lowest BCUT2D eigenvalue weighted by Gasteiger charge is -2.36. The molecule has 0 unspecified atom stereocenters. The summed E-state index contributed by atoms with van der Waals surface area (Å²) in [7, 11) is 1.70. The number of hydrogen-bond donors (Lipinski definition) is 4. The van der Waals surface area contributed by atoms with Crippen LogP contribution in [0.4, 0.5) is 5.69 Å². The number of carbonyl (C=O) groups is 4. The second kappa shape index (κ2) is 15.7. The third kappa shape index (κ3) is 8.39. The van der Waals surface area contributed by atoms with Crippen molar-refractivity contribution in [2.75, 3.05) is 25.0 Å². The van der Waals surface area contributed by atoms with Crippen molar-refractivity contribution in [1.29, 1.82) is 0 Å². The Hall–Kier alpha value is -4.51. The van der Waals surface area contributed by atoms with Gasteiger partial charge in [0.05, 0.1) is 0 Å². The van der Waals surface area contributed by atoms with Crippen molar-refractivity contribution in [3.8, 4) is 0 Å². The normalized spacial score (nSPS) is 18.3. The van der Waals surface area contributed by atoms with Crippen molar-refractivity contribution in [3.63, 3.8) is 0 Å². The van der Waals surface area contributed by atoms with Crippen LogP contribution in [-0.2, 0) is 27.9 Å². The van der Waals surface area contributed by atoms with Gasteiger partial charge in [0.2, 0.25) is 17.7 Å². The molecular weight excluding hydrogens is 582 g/mol. The van der Waals surface area contributed by atoms with Crippen molar-refractivity contribution in [2.24, 2.45) is 13.0 Å². The molecule has 5 rings (SSSR count). The number of amides is 4. The molecule has 0 bridgehead atoms. The first-order valence-electron chi connectivity index (χ1n) is 16.4. The Morgan fingerprint density at radius 3 is 2.37 bits per heavy atom. The quantitative estimate of drug-likeness (QED) is 0.257. The van der Waals surface area contributed by atoms with Gasteiger partial charge in [0, 0.05) is 57.4 Å². The van der Waals surface area contributed by atoms with Crippen LogP contribution >= 0.6 is 0 Å². The number of anilines is 1. The molecule has 3 atom stereocenters. The largest absolute Gasteiger partial charge is 0.344 e. The van der Waals surface area contributed by atoms with E-state index < -0.39 is 12.1 Å². The van der Waals surface area contributed by atoms with Gasteiger partial charge in [-0.25, -0.2) is 0 Å². The monoisotopic (exact) mass is 627 g/mol. The Labute approximate surface area is 270 Å². The molecular formula is C35H45N7O4. The minimum atomic E-state index is -0.708. The smallest absolute Gasteiger partial charge is 0.270 e. The van der Waals surface area contributed by atoms with Gasteiger partial charge in [-0.3, -0.25) is 23.9 Å². The van der Waals surface area contributed by atoms with Gasteiger partial charge < -0.3 is 26.2 Å². The summed E-state index contributed by atoms with van der Waals surface area (Å²) in [6.45, 7) is 3.51. The van der Waals surface area contributed by atoms with Crippen LogP contribution in [0.2, 0.25) is 0 Å². The number of aryl methyl sites for hydroxylation is 1. The van der Waals surface area contributed by atoms with Gasteiger partial charge in [-0.15, -0.1) is 0 Å². The fraction of sp³-hybridized carbons (Fsp3) is 0.457. The lowest BCUT2D eigenvalue weighted by atomic mass is 9.83. The number of hydrogen-bond acceptors (Lipinski definition) is 6. The highest BCUT2D eigenvalue weighted by Crippen LogP contribution is 2.28. The van der Waals surface area contributed by atoms with Gasteiger partial charge in [0.15, 0.2) is 0 Å². The summed E-state index contributed by atoms with van der Waals surface area (Å²) in [5, 5.41) is 16.5. The first-order valence-corrected chi connectivity index (χ1v) is 16.4. The minimum Gasteiger partial charge on any atom is -0.344 e. The number of nitrogens with zero attached hydrogens (tertiary/aromatic N) is 3. The number of rotatable bonds is 11. The molecule has 4 N–H and O–H groups in total. The van der Waals surface area contributed by atoms with Crippen LogP contribution in [0.25, 0.3) is 0 Å². The van der Waals surface area contributed by atoms with E-state index >= 15 is 0 Å². The van der Waals surface area contributed by atoms with Gasteiger partial charge in [0.25, 0.3) is 5.91 Å². The third-order valence-corrected chi connectivity index (χ3v) is 9.05. The maximum atomic E-state index is 13.7. The number of benzene rings is 2. The van der Waals surface area contributed by atoms with Crippen molar-refractivity contribution in [2.45, 2.75) is 70.0 Å². The van der Waals surface area contributed by atoms with Crippen LogP contribution in [0.1, 0.15) is 73.1 Å². The van der Waals surface area contributed by atoms with Gasteiger partial charge >= 0.3 is 0 Å². The van der Waals surface area contributed by atoms with E-state index in [1.807, 2.05) is 47.4 Å². The molecule has 4 amide bonds. The van der Waals surface area contributed by atoms with E-state index in [1.54, 1.807) is 38.4 Å². The maximum Gasteiger partial charge on any atom is 0.270 e. The van der Waals surface area contributed by atoms with Crippen molar-refractivity contribution in [1.82, 2.24) is 30.6 Å². The van der Waals surface area contributed by atoms with Crippen molar-refractivity contribution < 1.29 is 19.2 Å². The van der Waals surface area contributed by atoms with Crippen LogP contribution in [-0.4, -0.2) is 70.0 Å². The van der Waals surface area contributed by atoms with Crippen molar-refractivity contribution >= 4 is 29.3 Å². The predicted octanol–water partition coefficient (Wildman–Crippen LogP) is 3.35. The molecule has 1 saturated carbocycles. The highest BCUT2D eigenvalue weighted by Gasteiger charge is 2.33. The van der Waals surface area contributed by atoms with E-state index in [4.69, 9.17) is 0 Å². The average Bonchev–Trinajstić information content (AvgIpc) is 3.53. The maximum absolute atomic E-state index is 13.7. The molecule has 0 spiro atoms. The summed E-state index contributed by atoms with van der Waals surface area (Å²) in [6.07, 6.45) is 7.10. The van der Waals surface area contributed by atoms with E-state index in [1.165, 1.54) is 4.68 Å². The number of carbonyl (C=O) groups excluding carboxylic acids is 4. The summed E-state index contributed by atoms with van der Waals surface area (Å²) in [4.78, 5) is 54.6. The topological polar surface area (TPSA) is 137 Å². The summed E-state index contributed by atoms with van der Waals surface area (Å²) in [6, 6.07) is 17.6. The Balaban J connectivity index is 1.25. The molecule has 1 aliphatic carbocycles. The van der Waals surface area contributed by atoms with Crippen LogP contribution in [0.3, 0.4) is 0 Å². The van der Waals surface area contributed by atoms with Gasteiger partial charge in [-0.05, 0) is 48.1 Å². The van der Waals surface area contributed by atoms with Crippen LogP contribution < -0.4 is 21.3 Å². The molecule has 1 aromatic heterocycles. The molecule has 11 heteroatoms. The zero-order valence-electron chi connectivity index (χ0n) is 26.7. The van der Waals surface area contributed by atoms with Gasteiger partial charge in [-0.1, -0.05) is 68.7 Å². The molecule has 1 saturated heterocycles. The predicted molar refractivity (Wildman–Crippen MR) is 176 cm³/mol. The lowest BCUT2D eigenvalue weighted by molar-refractivity contribution is -0.137. The van der Waals surface area contributed by atoms with Crippen molar-refractivity contribution in [3.05, 3.63) is 83.7 Å². The summed E-state index contributed by atoms with van der Waals surface area (Å²) in [5.41, 5.74) is 2.97. The number of piperazine rings is 1. The Morgan fingerprint density at radius 2 is 1.70 bits per heavy atom. The molecule has 46 heavy (non-hydrogen) atoms. The minimum absolute atomic E-state index is 0.0238. The lowest BCUT2D eigenvalue weighted by Crippen LogP contribution is -2.55. The van der Waals surface area contributed by atoms with E-state index in [0.717, 1.165) is 43.2 Å². The van der Waals surface area contributed by atoms with Crippen LogP contribution in [0.5, 0.6) is 0 Å². The van der Waals surface area contributed by atoms with Crippen LogP contribution in [0, 0.1) is 5.92 Å². The Kier molecular flexibility index (Phi) is 11.2. The fourth-order valence-corrected chi connectivity index (χ4v) is 6.43. The van der Waals surface area contributed by atoms with E-state index in [0.29, 0.717) is 37.4 Å². The molecule has 2 fully saturated rings. The van der Waals surface area contributed by atoms with E-state index in [-0.39, 0.29) is 42.0 Å². The molecule has 3 aromatic rings. The Bertz CT molecular complexity index is 1480. The summed E-state index contributed by atoms with van der Waals surface area (Å²) >= 11 is 0. The molecule has 0 radical (unpaired) electrons.